The molecule has 0 saturated carbocycles. The standard InChI is InChI=1S/C19H26N2O2/c1-15(11-12-22)21(13-16-7-3-2-4-8-16)14-18-17-9-5-6-10-19(17)23-20-18/h2-4,7-8,15,22H,5-6,9-14H2,1H3. The van der Waals surface area contributed by atoms with Gasteiger partial charge in [0.1, 0.15) is 11.5 Å². The molecule has 0 aliphatic heterocycles. The molecule has 0 fully saturated rings. The van der Waals surface area contributed by atoms with Gasteiger partial charge in [0.25, 0.3) is 0 Å². The number of aliphatic hydroxyl groups excluding tert-OH is 1. The van der Waals surface area contributed by atoms with E-state index in [2.05, 4.69) is 41.2 Å². The summed E-state index contributed by atoms with van der Waals surface area (Å²) in [6, 6.07) is 10.8. The number of rotatable bonds is 7. The van der Waals surface area contributed by atoms with E-state index in [4.69, 9.17) is 4.52 Å². The fourth-order valence-corrected chi connectivity index (χ4v) is 3.32. The van der Waals surface area contributed by atoms with Crippen LogP contribution in [0, 0.1) is 0 Å². The summed E-state index contributed by atoms with van der Waals surface area (Å²) in [5.41, 5.74) is 3.69. The number of fused-ring (bicyclic) bond motifs is 1. The number of aromatic nitrogens is 1. The van der Waals surface area contributed by atoms with E-state index in [1.54, 1.807) is 0 Å². The third kappa shape index (κ3) is 4.01. The highest BCUT2D eigenvalue weighted by Crippen LogP contribution is 2.26. The number of aryl methyl sites for hydroxylation is 1. The molecule has 1 atom stereocenters. The summed E-state index contributed by atoms with van der Waals surface area (Å²) in [6.07, 6.45) is 5.31. The zero-order valence-electron chi connectivity index (χ0n) is 13.9. The van der Waals surface area contributed by atoms with E-state index in [1.165, 1.54) is 24.0 Å². The molecule has 1 unspecified atom stereocenters. The van der Waals surface area contributed by atoms with Gasteiger partial charge in [-0.15, -0.1) is 0 Å². The van der Waals surface area contributed by atoms with Gasteiger partial charge in [0.15, 0.2) is 0 Å². The highest BCUT2D eigenvalue weighted by molar-refractivity contribution is 5.25. The van der Waals surface area contributed by atoms with E-state index in [0.717, 1.165) is 43.8 Å². The van der Waals surface area contributed by atoms with E-state index in [1.807, 2.05) is 6.07 Å². The number of hydrogen-bond acceptors (Lipinski definition) is 4. The Kier molecular flexibility index (Phi) is 5.47. The van der Waals surface area contributed by atoms with Crippen molar-refractivity contribution in [1.82, 2.24) is 10.1 Å². The largest absolute Gasteiger partial charge is 0.396 e. The van der Waals surface area contributed by atoms with E-state index < -0.39 is 0 Å². The first-order valence-electron chi connectivity index (χ1n) is 8.63. The molecule has 1 aromatic heterocycles. The zero-order chi connectivity index (χ0) is 16.1. The first kappa shape index (κ1) is 16.2. The van der Waals surface area contributed by atoms with E-state index >= 15 is 0 Å². The van der Waals surface area contributed by atoms with Gasteiger partial charge in [0.05, 0.1) is 0 Å². The fraction of sp³-hybridized carbons (Fsp3) is 0.526. The second-order valence-electron chi connectivity index (χ2n) is 6.49. The molecule has 2 aromatic rings. The lowest BCUT2D eigenvalue weighted by Gasteiger charge is -2.28. The Morgan fingerprint density at radius 1 is 1.17 bits per heavy atom. The van der Waals surface area contributed by atoms with Gasteiger partial charge >= 0.3 is 0 Å². The average Bonchev–Trinajstić information content (AvgIpc) is 2.99. The topological polar surface area (TPSA) is 49.5 Å². The number of nitrogens with zero attached hydrogens (tertiary/aromatic N) is 2. The first-order valence-corrected chi connectivity index (χ1v) is 8.63. The molecule has 3 rings (SSSR count). The monoisotopic (exact) mass is 314 g/mol. The minimum atomic E-state index is 0.212. The van der Waals surface area contributed by atoms with Gasteiger partial charge in [-0.2, -0.15) is 0 Å². The predicted molar refractivity (Wildman–Crippen MR) is 90.0 cm³/mol. The molecule has 0 spiro atoms. The molecule has 1 aliphatic carbocycles. The third-order valence-corrected chi connectivity index (χ3v) is 4.78. The van der Waals surface area contributed by atoms with Crippen LogP contribution in [0.25, 0.3) is 0 Å². The quantitative estimate of drug-likeness (QED) is 0.851. The summed E-state index contributed by atoms with van der Waals surface area (Å²) in [5.74, 6) is 1.08. The lowest BCUT2D eigenvalue weighted by molar-refractivity contribution is 0.150. The van der Waals surface area contributed by atoms with Crippen molar-refractivity contribution in [2.75, 3.05) is 6.61 Å². The van der Waals surface area contributed by atoms with Crippen LogP contribution < -0.4 is 0 Å². The smallest absolute Gasteiger partial charge is 0.140 e. The van der Waals surface area contributed by atoms with Crippen LogP contribution >= 0.6 is 0 Å². The van der Waals surface area contributed by atoms with Crippen LogP contribution in [0.5, 0.6) is 0 Å². The van der Waals surface area contributed by atoms with Gasteiger partial charge in [-0.1, -0.05) is 35.5 Å². The summed E-state index contributed by atoms with van der Waals surface area (Å²) in [7, 11) is 0. The molecule has 0 saturated heterocycles. The van der Waals surface area contributed by atoms with Gasteiger partial charge in [0.2, 0.25) is 0 Å². The van der Waals surface area contributed by atoms with Crippen LogP contribution in [0.15, 0.2) is 34.9 Å². The average molecular weight is 314 g/mol. The second kappa shape index (κ2) is 7.75. The van der Waals surface area contributed by atoms with E-state index in [-0.39, 0.29) is 6.61 Å². The van der Waals surface area contributed by atoms with Crippen molar-refractivity contribution in [3.63, 3.8) is 0 Å². The summed E-state index contributed by atoms with van der Waals surface area (Å²) >= 11 is 0. The molecule has 1 heterocycles. The summed E-state index contributed by atoms with van der Waals surface area (Å²) < 4.78 is 5.55. The Morgan fingerprint density at radius 2 is 1.96 bits per heavy atom. The van der Waals surface area contributed by atoms with Crippen molar-refractivity contribution in [2.45, 2.75) is 58.2 Å². The number of hydrogen-bond donors (Lipinski definition) is 1. The Balaban J connectivity index is 1.76. The highest BCUT2D eigenvalue weighted by Gasteiger charge is 2.23. The number of aliphatic hydroxyl groups is 1. The molecule has 4 nitrogen and oxygen atoms in total. The van der Waals surface area contributed by atoms with Crippen molar-refractivity contribution in [1.29, 1.82) is 0 Å². The molecule has 1 aliphatic rings. The Labute approximate surface area is 138 Å². The first-order chi connectivity index (χ1) is 11.3. The SMILES string of the molecule is CC(CCO)N(Cc1ccccc1)Cc1noc2c1CCCC2. The minimum Gasteiger partial charge on any atom is -0.396 e. The van der Waals surface area contributed by atoms with Crippen LogP contribution in [0.3, 0.4) is 0 Å². The predicted octanol–water partition coefficient (Wildman–Crippen LogP) is 3.33. The molecule has 0 radical (unpaired) electrons. The van der Waals surface area contributed by atoms with Crippen molar-refractivity contribution in [3.05, 3.63) is 52.9 Å². The van der Waals surface area contributed by atoms with Crippen molar-refractivity contribution >= 4 is 0 Å². The van der Waals surface area contributed by atoms with E-state index in [0.29, 0.717) is 6.04 Å². The number of benzene rings is 1. The van der Waals surface area contributed by atoms with Crippen LogP contribution in [0.2, 0.25) is 0 Å². The molecule has 0 amide bonds. The van der Waals surface area contributed by atoms with Gasteiger partial charge in [-0.05, 0) is 38.2 Å². The summed E-state index contributed by atoms with van der Waals surface area (Å²) in [4.78, 5) is 2.39. The van der Waals surface area contributed by atoms with Gasteiger partial charge in [-0.25, -0.2) is 0 Å². The third-order valence-electron chi connectivity index (χ3n) is 4.78. The van der Waals surface area contributed by atoms with Gasteiger partial charge in [0, 0.05) is 37.7 Å². The maximum Gasteiger partial charge on any atom is 0.140 e. The minimum absolute atomic E-state index is 0.212. The lowest BCUT2D eigenvalue weighted by atomic mass is 9.96. The van der Waals surface area contributed by atoms with Crippen LogP contribution in [0.1, 0.15) is 48.8 Å². The molecule has 23 heavy (non-hydrogen) atoms. The Hall–Kier alpha value is -1.65. The highest BCUT2D eigenvalue weighted by atomic mass is 16.5. The molecule has 1 N–H and O–H groups in total. The fourth-order valence-electron chi connectivity index (χ4n) is 3.32. The normalized spacial score (nSPS) is 15.6. The van der Waals surface area contributed by atoms with Crippen molar-refractivity contribution in [3.8, 4) is 0 Å². The van der Waals surface area contributed by atoms with Crippen molar-refractivity contribution < 1.29 is 9.63 Å². The van der Waals surface area contributed by atoms with Crippen molar-refractivity contribution in [2.24, 2.45) is 0 Å². The molecule has 4 heteroatoms. The molecule has 0 bridgehead atoms. The molecule has 124 valence electrons. The maximum atomic E-state index is 9.31. The molecule has 1 aromatic carbocycles. The molecular weight excluding hydrogens is 288 g/mol. The van der Waals surface area contributed by atoms with Gasteiger partial charge in [-0.3, -0.25) is 4.90 Å². The Bertz CT molecular complexity index is 609. The van der Waals surface area contributed by atoms with E-state index in [9.17, 15) is 5.11 Å². The lowest BCUT2D eigenvalue weighted by Crippen LogP contribution is -2.33. The summed E-state index contributed by atoms with van der Waals surface area (Å²) in [6.45, 7) is 4.04. The second-order valence-corrected chi connectivity index (χ2v) is 6.49. The van der Waals surface area contributed by atoms with Crippen LogP contribution in [-0.4, -0.2) is 27.8 Å². The zero-order valence-corrected chi connectivity index (χ0v) is 13.9. The molecular formula is C19H26N2O2. The Morgan fingerprint density at radius 3 is 2.74 bits per heavy atom. The van der Waals surface area contributed by atoms with Crippen LogP contribution in [0.4, 0.5) is 0 Å². The summed E-state index contributed by atoms with van der Waals surface area (Å²) in [5, 5.41) is 13.7. The van der Waals surface area contributed by atoms with Crippen LogP contribution in [-0.2, 0) is 25.9 Å². The van der Waals surface area contributed by atoms with Gasteiger partial charge < -0.3 is 9.63 Å². The maximum absolute atomic E-state index is 9.31.